The van der Waals surface area contributed by atoms with Crippen LogP contribution in [-0.4, -0.2) is 23.9 Å². The molecule has 7 heteroatoms. The second-order valence-electron chi connectivity index (χ2n) is 5.89. The second kappa shape index (κ2) is 6.44. The Labute approximate surface area is 150 Å². The van der Waals surface area contributed by atoms with Crippen molar-refractivity contribution in [3.63, 3.8) is 0 Å². The predicted octanol–water partition coefficient (Wildman–Crippen LogP) is 2.64. The van der Waals surface area contributed by atoms with Gasteiger partial charge in [-0.3, -0.25) is 0 Å². The lowest BCUT2D eigenvalue weighted by Crippen LogP contribution is -2.07. The van der Waals surface area contributed by atoms with Gasteiger partial charge in [-0.1, -0.05) is 18.2 Å². The molecule has 7 nitrogen and oxygen atoms in total. The molecule has 26 heavy (non-hydrogen) atoms. The molecule has 4 rings (SSSR count). The highest BCUT2D eigenvalue weighted by Crippen LogP contribution is 2.35. The van der Waals surface area contributed by atoms with Crippen molar-refractivity contribution in [2.24, 2.45) is 0 Å². The largest absolute Gasteiger partial charge is 0.497 e. The lowest BCUT2D eigenvalue weighted by molar-refractivity contribution is 0.174. The van der Waals surface area contributed by atoms with Gasteiger partial charge in [0.15, 0.2) is 11.5 Å². The number of nitrogens with two attached hydrogens (primary N) is 2. The zero-order valence-electron chi connectivity index (χ0n) is 14.2. The van der Waals surface area contributed by atoms with Crippen LogP contribution in [0.25, 0.3) is 11.3 Å². The zero-order chi connectivity index (χ0) is 18.1. The quantitative estimate of drug-likeness (QED) is 0.745. The average molecular weight is 350 g/mol. The lowest BCUT2D eigenvalue weighted by Gasteiger charge is -2.13. The fourth-order valence-electron chi connectivity index (χ4n) is 2.96. The molecule has 2 aromatic carbocycles. The molecule has 0 bridgehead atoms. The van der Waals surface area contributed by atoms with Gasteiger partial charge in [-0.15, -0.1) is 0 Å². The maximum atomic E-state index is 6.17. The molecule has 2 heterocycles. The smallest absolute Gasteiger partial charge is 0.231 e. The minimum atomic E-state index is 0.134. The summed E-state index contributed by atoms with van der Waals surface area (Å²) in [5.74, 6) is 2.68. The van der Waals surface area contributed by atoms with Gasteiger partial charge in [-0.2, -0.15) is 4.98 Å². The van der Waals surface area contributed by atoms with E-state index in [-0.39, 0.29) is 12.7 Å². The Morgan fingerprint density at radius 2 is 1.88 bits per heavy atom. The lowest BCUT2D eigenvalue weighted by atomic mass is 9.99. The summed E-state index contributed by atoms with van der Waals surface area (Å²) in [7, 11) is 1.62. The number of aromatic nitrogens is 2. The first-order valence-electron chi connectivity index (χ1n) is 8.09. The number of nitrogen functional groups attached to an aromatic ring is 2. The molecule has 0 atom stereocenters. The molecule has 1 aromatic heterocycles. The van der Waals surface area contributed by atoms with Crippen molar-refractivity contribution in [1.29, 1.82) is 0 Å². The normalized spacial score (nSPS) is 12.2. The van der Waals surface area contributed by atoms with E-state index in [1.54, 1.807) is 7.11 Å². The van der Waals surface area contributed by atoms with Crippen molar-refractivity contribution in [3.8, 4) is 28.5 Å². The van der Waals surface area contributed by atoms with E-state index in [0.29, 0.717) is 17.9 Å². The van der Waals surface area contributed by atoms with Crippen molar-refractivity contribution < 1.29 is 14.2 Å². The Kier molecular flexibility index (Phi) is 3.96. The highest BCUT2D eigenvalue weighted by Gasteiger charge is 2.17. The molecule has 132 valence electrons. The second-order valence-corrected chi connectivity index (χ2v) is 5.89. The number of hydrogen-bond acceptors (Lipinski definition) is 7. The standard InChI is InChI=1S/C19H18N4O3/c1-24-13-4-2-3-12(9-13)17-14(18(20)23-19(21)22-17)7-11-5-6-15-16(8-11)26-10-25-15/h2-6,8-9H,7,10H2,1H3,(H4,20,21,22,23). The van der Waals surface area contributed by atoms with Gasteiger partial charge in [-0.05, 0) is 29.8 Å². The molecule has 0 amide bonds. The third-order valence-corrected chi connectivity index (χ3v) is 4.22. The molecular weight excluding hydrogens is 332 g/mol. The Hall–Kier alpha value is -3.48. The van der Waals surface area contributed by atoms with Crippen molar-refractivity contribution >= 4 is 11.8 Å². The molecule has 4 N–H and O–H groups in total. The van der Waals surface area contributed by atoms with Gasteiger partial charge >= 0.3 is 0 Å². The third-order valence-electron chi connectivity index (χ3n) is 4.22. The number of hydrogen-bond donors (Lipinski definition) is 2. The number of rotatable bonds is 4. The Bertz CT molecular complexity index is 975. The fourth-order valence-corrected chi connectivity index (χ4v) is 2.96. The summed E-state index contributed by atoms with van der Waals surface area (Å²) >= 11 is 0. The van der Waals surface area contributed by atoms with Crippen molar-refractivity contribution in [3.05, 3.63) is 53.6 Å². The van der Waals surface area contributed by atoms with Crippen molar-refractivity contribution in [1.82, 2.24) is 9.97 Å². The summed E-state index contributed by atoms with van der Waals surface area (Å²) in [6.45, 7) is 0.237. The van der Waals surface area contributed by atoms with E-state index in [1.165, 1.54) is 0 Å². The van der Waals surface area contributed by atoms with E-state index in [0.717, 1.165) is 33.9 Å². The van der Waals surface area contributed by atoms with Crippen LogP contribution in [-0.2, 0) is 6.42 Å². The highest BCUT2D eigenvalue weighted by molar-refractivity contribution is 5.71. The summed E-state index contributed by atoms with van der Waals surface area (Å²) < 4.78 is 16.1. The monoisotopic (exact) mass is 350 g/mol. The molecule has 3 aromatic rings. The van der Waals surface area contributed by atoms with Gasteiger partial charge in [0, 0.05) is 17.5 Å². The van der Waals surface area contributed by atoms with Crippen LogP contribution in [0.1, 0.15) is 11.1 Å². The number of benzene rings is 2. The van der Waals surface area contributed by atoms with Gasteiger partial charge < -0.3 is 25.7 Å². The topological polar surface area (TPSA) is 106 Å². The molecule has 0 radical (unpaired) electrons. The van der Waals surface area contributed by atoms with Crippen LogP contribution in [0, 0.1) is 0 Å². The molecule has 1 aliphatic heterocycles. The van der Waals surface area contributed by atoms with Crippen LogP contribution < -0.4 is 25.7 Å². The first kappa shape index (κ1) is 16.0. The Balaban J connectivity index is 1.78. The number of ether oxygens (including phenoxy) is 3. The van der Waals surface area contributed by atoms with E-state index < -0.39 is 0 Å². The number of nitrogens with zero attached hydrogens (tertiary/aromatic N) is 2. The summed E-state index contributed by atoms with van der Waals surface area (Å²) in [6, 6.07) is 13.4. The molecule has 0 aliphatic carbocycles. The van der Waals surface area contributed by atoms with E-state index in [9.17, 15) is 0 Å². The first-order chi connectivity index (χ1) is 12.6. The minimum absolute atomic E-state index is 0.134. The fraction of sp³-hybridized carbons (Fsp3) is 0.158. The Morgan fingerprint density at radius 3 is 2.73 bits per heavy atom. The van der Waals surface area contributed by atoms with E-state index in [1.807, 2.05) is 42.5 Å². The Morgan fingerprint density at radius 1 is 1.04 bits per heavy atom. The van der Waals surface area contributed by atoms with Gasteiger partial charge in [-0.25, -0.2) is 4.98 Å². The van der Waals surface area contributed by atoms with Crippen LogP contribution in [0.3, 0.4) is 0 Å². The maximum Gasteiger partial charge on any atom is 0.231 e. The van der Waals surface area contributed by atoms with Gasteiger partial charge in [0.2, 0.25) is 12.7 Å². The average Bonchev–Trinajstić information content (AvgIpc) is 3.11. The summed E-state index contributed by atoms with van der Waals surface area (Å²) in [4.78, 5) is 8.55. The van der Waals surface area contributed by atoms with Crippen LogP contribution in [0.2, 0.25) is 0 Å². The van der Waals surface area contributed by atoms with E-state index >= 15 is 0 Å². The molecular formula is C19H18N4O3. The molecule has 0 saturated heterocycles. The van der Waals surface area contributed by atoms with Crippen LogP contribution in [0.15, 0.2) is 42.5 Å². The maximum absolute atomic E-state index is 6.17. The van der Waals surface area contributed by atoms with E-state index in [4.69, 9.17) is 25.7 Å². The van der Waals surface area contributed by atoms with E-state index in [2.05, 4.69) is 9.97 Å². The van der Waals surface area contributed by atoms with Gasteiger partial charge in [0.25, 0.3) is 0 Å². The molecule has 1 aliphatic rings. The molecule has 0 unspecified atom stereocenters. The van der Waals surface area contributed by atoms with Gasteiger partial charge in [0.1, 0.15) is 11.6 Å². The number of methoxy groups -OCH3 is 1. The zero-order valence-corrected chi connectivity index (χ0v) is 14.2. The van der Waals surface area contributed by atoms with Crippen LogP contribution in [0.5, 0.6) is 17.2 Å². The summed E-state index contributed by atoms with van der Waals surface area (Å²) in [5.41, 5.74) is 15.4. The molecule has 0 spiro atoms. The predicted molar refractivity (Wildman–Crippen MR) is 98.2 cm³/mol. The highest BCUT2D eigenvalue weighted by atomic mass is 16.7. The van der Waals surface area contributed by atoms with Crippen LogP contribution in [0.4, 0.5) is 11.8 Å². The van der Waals surface area contributed by atoms with Gasteiger partial charge in [0.05, 0.1) is 12.8 Å². The number of anilines is 2. The third kappa shape index (κ3) is 2.95. The molecule has 0 fully saturated rings. The van der Waals surface area contributed by atoms with Crippen molar-refractivity contribution in [2.45, 2.75) is 6.42 Å². The summed E-state index contributed by atoms with van der Waals surface area (Å²) in [6.07, 6.45) is 0.537. The van der Waals surface area contributed by atoms with Crippen LogP contribution >= 0.6 is 0 Å². The molecule has 0 saturated carbocycles. The number of fused-ring (bicyclic) bond motifs is 1. The first-order valence-corrected chi connectivity index (χ1v) is 8.09. The minimum Gasteiger partial charge on any atom is -0.497 e. The summed E-state index contributed by atoms with van der Waals surface area (Å²) in [5, 5.41) is 0. The van der Waals surface area contributed by atoms with Crippen molar-refractivity contribution in [2.75, 3.05) is 25.4 Å². The SMILES string of the molecule is COc1cccc(-c2nc(N)nc(N)c2Cc2ccc3c(c2)OCO3)c1.